The number of hydrogen-bond donors (Lipinski definition) is 1. The fraction of sp³-hybridized carbons (Fsp3) is 0.435. The van der Waals surface area contributed by atoms with E-state index in [-0.39, 0.29) is 18.6 Å². The van der Waals surface area contributed by atoms with Crippen molar-refractivity contribution >= 4 is 16.5 Å². The monoisotopic (exact) mass is 429 g/mol. The van der Waals surface area contributed by atoms with E-state index in [1.54, 1.807) is 20.1 Å². The van der Waals surface area contributed by atoms with Crippen LogP contribution in [0.25, 0.3) is 0 Å². The summed E-state index contributed by atoms with van der Waals surface area (Å²) in [6.07, 6.45) is -0.418. The molecule has 0 radical (unpaired) electrons. The Morgan fingerprint density at radius 1 is 1.07 bits per heavy atom. The minimum atomic E-state index is -1.41. The van der Waals surface area contributed by atoms with Gasteiger partial charge in [-0.2, -0.15) is 0 Å². The highest BCUT2D eigenvalue weighted by molar-refractivity contribution is 7.85. The van der Waals surface area contributed by atoms with Crippen LogP contribution < -0.4 is 0 Å². The van der Waals surface area contributed by atoms with Crippen LogP contribution in [0.3, 0.4) is 0 Å². The van der Waals surface area contributed by atoms with Crippen LogP contribution in [0.5, 0.6) is 0 Å². The van der Waals surface area contributed by atoms with E-state index in [9.17, 15) is 9.32 Å². The molecule has 2 aliphatic heterocycles. The third-order valence-electron chi connectivity index (χ3n) is 5.55. The van der Waals surface area contributed by atoms with E-state index in [4.69, 9.17) is 14.3 Å². The normalized spacial score (nSPS) is 28.4. The molecule has 0 aromatic heterocycles. The van der Waals surface area contributed by atoms with Crippen LogP contribution >= 0.6 is 0 Å². The molecule has 2 aromatic rings. The van der Waals surface area contributed by atoms with Crippen LogP contribution in [0.1, 0.15) is 37.0 Å². The highest BCUT2D eigenvalue weighted by Crippen LogP contribution is 2.42. The van der Waals surface area contributed by atoms with Crippen molar-refractivity contribution in [2.75, 3.05) is 12.9 Å². The number of benzene rings is 2. The Balaban J connectivity index is 1.70. The summed E-state index contributed by atoms with van der Waals surface area (Å²) in [6, 6.07) is 19.7. The molecule has 0 bridgehead atoms. The van der Waals surface area contributed by atoms with Crippen molar-refractivity contribution in [2.24, 2.45) is 5.16 Å². The quantitative estimate of drug-likeness (QED) is 0.763. The summed E-state index contributed by atoms with van der Waals surface area (Å²) in [5.74, 6) is -1.06. The van der Waals surface area contributed by atoms with Gasteiger partial charge in [-0.1, -0.05) is 65.8 Å². The van der Waals surface area contributed by atoms with Crippen molar-refractivity contribution in [1.82, 2.24) is 0 Å². The summed E-state index contributed by atoms with van der Waals surface area (Å²) >= 11 is 0. The Hall–Kier alpha value is -2.06. The van der Waals surface area contributed by atoms with Crippen LogP contribution in [0.2, 0.25) is 0 Å². The van der Waals surface area contributed by atoms with Gasteiger partial charge < -0.3 is 19.4 Å². The zero-order valence-corrected chi connectivity index (χ0v) is 18.1. The van der Waals surface area contributed by atoms with Gasteiger partial charge in [0.1, 0.15) is 17.5 Å². The predicted octanol–water partition coefficient (Wildman–Crippen LogP) is 3.16. The molecule has 30 heavy (non-hydrogen) atoms. The molecule has 6 nitrogen and oxygen atoms in total. The number of ether oxygens (including phenoxy) is 2. The molecule has 0 aliphatic carbocycles. The van der Waals surface area contributed by atoms with Crippen LogP contribution in [0.15, 0.2) is 65.8 Å². The van der Waals surface area contributed by atoms with Gasteiger partial charge in [-0.05, 0) is 25.0 Å². The van der Waals surface area contributed by atoms with Gasteiger partial charge in [-0.15, -0.1) is 0 Å². The number of rotatable bonds is 6. The second kappa shape index (κ2) is 8.59. The first-order valence-electron chi connectivity index (χ1n) is 10.0. The van der Waals surface area contributed by atoms with Gasteiger partial charge in [-0.25, -0.2) is 0 Å². The van der Waals surface area contributed by atoms with Crippen LogP contribution in [-0.4, -0.2) is 51.1 Å². The van der Waals surface area contributed by atoms with Crippen molar-refractivity contribution < 1.29 is 23.6 Å². The zero-order chi connectivity index (χ0) is 21.3. The van der Waals surface area contributed by atoms with Gasteiger partial charge in [0, 0.05) is 17.1 Å². The van der Waals surface area contributed by atoms with E-state index >= 15 is 0 Å². The van der Waals surface area contributed by atoms with E-state index in [2.05, 4.69) is 5.16 Å². The molecule has 4 rings (SSSR count). The van der Waals surface area contributed by atoms with Gasteiger partial charge in [0.15, 0.2) is 11.9 Å². The van der Waals surface area contributed by atoms with E-state index in [0.717, 1.165) is 11.1 Å². The largest absolute Gasteiger partial charge is 0.389 e. The molecule has 1 fully saturated rings. The molecular formula is C23H27NO5S. The molecule has 1 N–H and O–H groups in total. The predicted molar refractivity (Wildman–Crippen MR) is 116 cm³/mol. The highest BCUT2D eigenvalue weighted by atomic mass is 32.2. The Morgan fingerprint density at radius 3 is 2.20 bits per heavy atom. The lowest BCUT2D eigenvalue weighted by molar-refractivity contribution is -0.150. The van der Waals surface area contributed by atoms with Crippen molar-refractivity contribution in [3.8, 4) is 0 Å². The zero-order valence-electron chi connectivity index (χ0n) is 17.3. The van der Waals surface area contributed by atoms with Gasteiger partial charge in [0.05, 0.1) is 18.2 Å². The maximum atomic E-state index is 12.8. The number of oxime groups is 1. The lowest BCUT2D eigenvalue weighted by Gasteiger charge is -2.29. The van der Waals surface area contributed by atoms with Crippen molar-refractivity contribution in [3.05, 3.63) is 71.8 Å². The van der Waals surface area contributed by atoms with Gasteiger partial charge in [0.2, 0.25) is 0 Å². The van der Waals surface area contributed by atoms with Gasteiger partial charge >= 0.3 is 0 Å². The molecule has 160 valence electrons. The standard InChI is InChI=1S/C23H27NO5S/c1-23(2)27-14-17(28-23)20(25)22(30(3)26)19-18(15-10-6-4-7-11-15)21(29-24-19)16-12-8-5-9-13-16/h4-13,17-18,20-22,25H,14H2,1-3H3/t17-,18-,20-,21+,22-,30?/m1/s1. The highest BCUT2D eigenvalue weighted by Gasteiger charge is 2.48. The minimum absolute atomic E-state index is 0.230. The van der Waals surface area contributed by atoms with Crippen LogP contribution in [0.4, 0.5) is 0 Å². The topological polar surface area (TPSA) is 77.4 Å². The average molecular weight is 430 g/mol. The molecule has 2 heterocycles. The first-order valence-corrected chi connectivity index (χ1v) is 11.6. The minimum Gasteiger partial charge on any atom is -0.389 e. The summed E-state index contributed by atoms with van der Waals surface area (Å²) in [6.45, 7) is 3.83. The third kappa shape index (κ3) is 4.21. The number of nitrogens with zero attached hydrogens (tertiary/aromatic N) is 1. The second-order valence-corrected chi connectivity index (χ2v) is 9.62. The third-order valence-corrected chi connectivity index (χ3v) is 6.79. The summed E-state index contributed by atoms with van der Waals surface area (Å²) < 4.78 is 24.3. The summed E-state index contributed by atoms with van der Waals surface area (Å²) in [5.41, 5.74) is 2.53. The average Bonchev–Trinajstić information content (AvgIpc) is 3.32. The van der Waals surface area contributed by atoms with E-state index < -0.39 is 34.0 Å². The molecule has 1 saturated heterocycles. The van der Waals surface area contributed by atoms with Gasteiger partial charge in [-0.3, -0.25) is 4.21 Å². The Labute approximate surface area is 179 Å². The lowest BCUT2D eigenvalue weighted by Crippen LogP contribution is -2.47. The first-order chi connectivity index (χ1) is 14.4. The lowest BCUT2D eigenvalue weighted by atomic mass is 9.83. The molecule has 0 spiro atoms. The summed E-state index contributed by atoms with van der Waals surface area (Å²) in [7, 11) is -1.41. The molecule has 2 aliphatic rings. The number of hydrogen-bond acceptors (Lipinski definition) is 6. The van der Waals surface area contributed by atoms with Gasteiger partial charge in [0.25, 0.3) is 0 Å². The van der Waals surface area contributed by atoms with Crippen LogP contribution in [0, 0.1) is 0 Å². The van der Waals surface area contributed by atoms with Crippen molar-refractivity contribution in [3.63, 3.8) is 0 Å². The van der Waals surface area contributed by atoms with Crippen LogP contribution in [-0.2, 0) is 25.1 Å². The fourth-order valence-electron chi connectivity index (χ4n) is 4.14. The van der Waals surface area contributed by atoms with E-state index in [1.165, 1.54) is 0 Å². The molecule has 0 saturated carbocycles. The number of aliphatic hydroxyl groups is 1. The smallest absolute Gasteiger partial charge is 0.164 e. The second-order valence-electron chi connectivity index (χ2n) is 8.12. The molecular weight excluding hydrogens is 402 g/mol. The molecule has 7 heteroatoms. The molecule has 0 amide bonds. The SMILES string of the molecule is CS(=O)[C@H](C1=NO[C@@H](c2ccccc2)[C@@H]1c1ccccc1)[C@H](O)[C@H]1COC(C)(C)O1. The van der Waals surface area contributed by atoms with Crippen molar-refractivity contribution in [1.29, 1.82) is 0 Å². The summed E-state index contributed by atoms with van der Waals surface area (Å²) in [4.78, 5) is 5.87. The molecule has 2 aromatic carbocycles. The summed E-state index contributed by atoms with van der Waals surface area (Å²) in [5, 5.41) is 14.8. The number of aliphatic hydroxyl groups excluding tert-OH is 1. The maximum Gasteiger partial charge on any atom is 0.164 e. The fourth-order valence-corrected chi connectivity index (χ4v) is 5.24. The Morgan fingerprint density at radius 2 is 1.67 bits per heavy atom. The molecule has 6 atom stereocenters. The Kier molecular flexibility index (Phi) is 6.06. The van der Waals surface area contributed by atoms with E-state index in [1.807, 2.05) is 60.7 Å². The molecule has 1 unspecified atom stereocenters. The Bertz CT molecular complexity index is 918. The maximum absolute atomic E-state index is 12.8. The first kappa shape index (κ1) is 21.2. The van der Waals surface area contributed by atoms with E-state index in [0.29, 0.717) is 5.71 Å². The van der Waals surface area contributed by atoms with Crippen molar-refractivity contribution in [2.45, 2.75) is 49.1 Å².